The van der Waals surface area contributed by atoms with E-state index in [4.69, 9.17) is 10.2 Å². The van der Waals surface area contributed by atoms with Crippen LogP contribution in [-0.4, -0.2) is 16.3 Å². The van der Waals surface area contributed by atoms with Gasteiger partial charge < -0.3 is 10.2 Å². The minimum Gasteiger partial charge on any atom is -0.508 e. The molecule has 0 heterocycles. The van der Waals surface area contributed by atoms with E-state index in [1.807, 2.05) is 0 Å². The van der Waals surface area contributed by atoms with Gasteiger partial charge in [-0.05, 0) is 24.3 Å². The van der Waals surface area contributed by atoms with Crippen molar-refractivity contribution in [3.8, 4) is 5.75 Å². The van der Waals surface area contributed by atoms with Crippen LogP contribution >= 0.6 is 10.4 Å². The number of halogens is 5. The highest BCUT2D eigenvalue weighted by Crippen LogP contribution is 2.99. The molecule has 1 aromatic carbocycles. The van der Waals surface area contributed by atoms with Gasteiger partial charge >= 0.3 is 16.5 Å². The van der Waals surface area contributed by atoms with Crippen LogP contribution in [0.4, 0.5) is 29.9 Å². The summed E-state index contributed by atoms with van der Waals surface area (Å²) >= 11 is 0. The zero-order valence-corrected chi connectivity index (χ0v) is 8.67. The standard InChI is InChI=1S/C7H6F5NO3S/c8-17(9,10,11,12)13(7(15)16)5-1-3-6(14)4-2-5/h1-4,14H,(H,15,16). The van der Waals surface area contributed by atoms with Gasteiger partial charge in [0.05, 0.1) is 5.69 Å². The van der Waals surface area contributed by atoms with Gasteiger partial charge in [0.25, 0.3) is 0 Å². The zero-order valence-electron chi connectivity index (χ0n) is 7.86. The van der Waals surface area contributed by atoms with Gasteiger partial charge in [0.15, 0.2) is 0 Å². The molecule has 0 aliphatic carbocycles. The Bertz CT molecular complexity index is 456. The minimum absolute atomic E-state index is 0.418. The number of phenols is 1. The molecule has 0 aliphatic heterocycles. The predicted molar refractivity (Wildman–Crippen MR) is 51.7 cm³/mol. The second-order valence-electron chi connectivity index (χ2n) is 3.02. The van der Waals surface area contributed by atoms with Crippen LogP contribution < -0.4 is 4.31 Å². The molecule has 98 valence electrons. The Hall–Kier alpha value is -1.71. The van der Waals surface area contributed by atoms with Crippen molar-refractivity contribution in [2.45, 2.75) is 0 Å². The third kappa shape index (κ3) is 3.12. The molecule has 0 fully saturated rings. The number of carbonyl (C=O) groups is 1. The molecule has 0 aromatic heterocycles. The Balaban J connectivity index is 3.41. The van der Waals surface area contributed by atoms with E-state index in [1.165, 1.54) is 0 Å². The SMILES string of the molecule is O=C(O)N(c1ccc(O)cc1)S(F)(F)(F)(F)F. The summed E-state index contributed by atoms with van der Waals surface area (Å²) in [5, 5.41) is 17.0. The Morgan fingerprint density at radius 1 is 1.06 bits per heavy atom. The fourth-order valence-electron chi connectivity index (χ4n) is 1.05. The van der Waals surface area contributed by atoms with Gasteiger partial charge in [0.1, 0.15) is 5.75 Å². The molecule has 10 heteroatoms. The van der Waals surface area contributed by atoms with E-state index in [-0.39, 0.29) is 0 Å². The Morgan fingerprint density at radius 3 is 1.76 bits per heavy atom. The molecule has 0 saturated heterocycles. The van der Waals surface area contributed by atoms with Gasteiger partial charge in [-0.2, -0.15) is 0 Å². The molecule has 4 nitrogen and oxygen atoms in total. The summed E-state index contributed by atoms with van der Waals surface area (Å²) < 4.78 is 60.1. The summed E-state index contributed by atoms with van der Waals surface area (Å²) in [5.74, 6) is -0.485. The van der Waals surface area contributed by atoms with Crippen molar-refractivity contribution in [1.82, 2.24) is 0 Å². The van der Waals surface area contributed by atoms with Gasteiger partial charge in [-0.25, -0.2) is 4.79 Å². The Labute approximate surface area is 91.7 Å². The second-order valence-corrected chi connectivity index (χ2v) is 5.24. The third-order valence-corrected chi connectivity index (χ3v) is 2.66. The van der Waals surface area contributed by atoms with Gasteiger partial charge in [-0.3, -0.25) is 0 Å². The first-order valence-electron chi connectivity index (χ1n) is 3.87. The monoisotopic (exact) mass is 279 g/mol. The van der Waals surface area contributed by atoms with Crippen LogP contribution in [0.15, 0.2) is 24.3 Å². The summed E-state index contributed by atoms with van der Waals surface area (Å²) in [7, 11) is -10.4. The lowest BCUT2D eigenvalue weighted by Crippen LogP contribution is -2.38. The number of carboxylic acid groups (broad SMARTS) is 1. The maximum absolute atomic E-state index is 12.4. The van der Waals surface area contributed by atoms with Crippen LogP contribution in [-0.2, 0) is 0 Å². The number of rotatable bonds is 2. The first-order valence-corrected chi connectivity index (χ1v) is 5.78. The van der Waals surface area contributed by atoms with Crippen molar-refractivity contribution in [3.05, 3.63) is 24.3 Å². The van der Waals surface area contributed by atoms with Crippen molar-refractivity contribution >= 4 is 22.2 Å². The van der Waals surface area contributed by atoms with E-state index < -0.39 is 32.2 Å². The molecule has 2 N–H and O–H groups in total. The summed E-state index contributed by atoms with van der Waals surface area (Å²) in [6.07, 6.45) is -2.85. The van der Waals surface area contributed by atoms with Gasteiger partial charge in [-0.1, -0.05) is 19.4 Å². The molecule has 0 spiro atoms. The number of anilines is 1. The number of phenolic OH excluding ortho intramolecular Hbond substituents is 1. The number of amides is 1. The molecular weight excluding hydrogens is 273 g/mol. The van der Waals surface area contributed by atoms with Gasteiger partial charge in [0.2, 0.25) is 0 Å². The van der Waals surface area contributed by atoms with E-state index in [0.717, 1.165) is 0 Å². The zero-order chi connectivity index (χ0) is 13.5. The van der Waals surface area contributed by atoms with Crippen molar-refractivity contribution in [1.29, 1.82) is 0 Å². The number of hydrogen-bond donors (Lipinski definition) is 2. The maximum atomic E-state index is 12.4. The van der Waals surface area contributed by atoms with Gasteiger partial charge in [-0.15, -0.1) is 4.31 Å². The Kier molecular flexibility index (Phi) is 2.31. The van der Waals surface area contributed by atoms with Crippen LogP contribution in [0, 0.1) is 0 Å². The summed E-state index contributed by atoms with van der Waals surface area (Å²) in [5.41, 5.74) is -1.30. The first-order chi connectivity index (χ1) is 7.31. The maximum Gasteiger partial charge on any atom is 0.428 e. The summed E-state index contributed by atoms with van der Waals surface area (Å²) in [4.78, 5) is 10.3. The van der Waals surface area contributed by atoms with Crippen LogP contribution in [0.25, 0.3) is 0 Å². The lowest BCUT2D eigenvalue weighted by Gasteiger charge is -2.47. The van der Waals surface area contributed by atoms with Crippen molar-refractivity contribution in [3.63, 3.8) is 0 Å². The predicted octanol–water partition coefficient (Wildman–Crippen LogP) is 4.09. The topological polar surface area (TPSA) is 60.8 Å². The largest absolute Gasteiger partial charge is 0.508 e. The molecule has 1 aromatic rings. The molecule has 1 amide bonds. The highest BCUT2D eigenvalue weighted by molar-refractivity contribution is 8.47. The molecule has 0 unspecified atom stereocenters. The van der Waals surface area contributed by atoms with Crippen LogP contribution in [0.2, 0.25) is 0 Å². The number of hydrogen-bond acceptors (Lipinski definition) is 2. The molecule has 0 aliphatic rings. The van der Waals surface area contributed by atoms with E-state index in [1.54, 1.807) is 0 Å². The third-order valence-electron chi connectivity index (χ3n) is 1.60. The quantitative estimate of drug-likeness (QED) is 0.801. The van der Waals surface area contributed by atoms with Crippen LogP contribution in [0.5, 0.6) is 5.75 Å². The van der Waals surface area contributed by atoms with Crippen molar-refractivity contribution in [2.75, 3.05) is 4.31 Å². The number of nitrogens with zero attached hydrogens (tertiary/aromatic N) is 1. The highest BCUT2D eigenvalue weighted by Gasteiger charge is 2.72. The van der Waals surface area contributed by atoms with Crippen molar-refractivity contribution in [2.24, 2.45) is 0 Å². The normalized spacial score (nSPS) is 15.8. The molecule has 0 bridgehead atoms. The molecular formula is C7H6F5NO3S. The fourth-order valence-corrected chi connectivity index (χ4v) is 1.86. The molecule has 0 saturated carbocycles. The highest BCUT2D eigenvalue weighted by atomic mass is 32.5. The Morgan fingerprint density at radius 2 is 1.47 bits per heavy atom. The fraction of sp³-hybridized carbons (Fsp3) is 0. The lowest BCUT2D eigenvalue weighted by molar-refractivity contribution is 0.202. The second kappa shape index (κ2) is 2.94. The average Bonchev–Trinajstić information content (AvgIpc) is 2.03. The summed E-state index contributed by atoms with van der Waals surface area (Å²) in [6.45, 7) is 0. The number of benzene rings is 1. The van der Waals surface area contributed by atoms with Crippen LogP contribution in [0.1, 0.15) is 0 Å². The lowest BCUT2D eigenvalue weighted by atomic mass is 10.3. The van der Waals surface area contributed by atoms with Crippen LogP contribution in [0.3, 0.4) is 0 Å². The average molecular weight is 279 g/mol. The molecule has 0 radical (unpaired) electrons. The molecule has 1 rings (SSSR count). The van der Waals surface area contributed by atoms with E-state index >= 15 is 0 Å². The van der Waals surface area contributed by atoms with Gasteiger partial charge in [0, 0.05) is 0 Å². The van der Waals surface area contributed by atoms with E-state index in [9.17, 15) is 24.2 Å². The molecule has 0 atom stereocenters. The number of aromatic hydroxyl groups is 1. The van der Waals surface area contributed by atoms with Crippen molar-refractivity contribution < 1.29 is 34.4 Å². The summed E-state index contributed by atoms with van der Waals surface area (Å²) in [6, 6.07) is 2.16. The molecule has 17 heavy (non-hydrogen) atoms. The first kappa shape index (κ1) is 13.4. The van der Waals surface area contributed by atoms with E-state index in [0.29, 0.717) is 24.3 Å². The minimum atomic E-state index is -10.4. The van der Waals surface area contributed by atoms with E-state index in [2.05, 4.69) is 0 Å². The smallest absolute Gasteiger partial charge is 0.428 e.